The first kappa shape index (κ1) is 24.4. The van der Waals surface area contributed by atoms with Crippen LogP contribution in [0.5, 0.6) is 5.75 Å². The van der Waals surface area contributed by atoms with Crippen LogP contribution < -0.4 is 10.1 Å². The lowest BCUT2D eigenvalue weighted by atomic mass is 10.0. The molecule has 0 unspecified atom stereocenters. The highest BCUT2D eigenvalue weighted by Crippen LogP contribution is 2.19. The summed E-state index contributed by atoms with van der Waals surface area (Å²) in [5.41, 5.74) is 3.92. The number of para-hydroxylation sites is 1. The number of carboxylic acid groups (broad SMARTS) is 1. The van der Waals surface area contributed by atoms with Gasteiger partial charge in [0.2, 0.25) is 0 Å². The van der Waals surface area contributed by atoms with Crippen LogP contribution in [0.1, 0.15) is 16.8 Å². The summed E-state index contributed by atoms with van der Waals surface area (Å²) in [4.78, 5) is 25.2. The second-order valence-corrected chi connectivity index (χ2v) is 7.87. The molecule has 2 aromatic rings. The van der Waals surface area contributed by atoms with E-state index in [-0.39, 0.29) is 6.54 Å². The van der Waals surface area contributed by atoms with Gasteiger partial charge < -0.3 is 25.0 Å². The molecule has 2 aliphatic rings. The third kappa shape index (κ3) is 8.35. The van der Waals surface area contributed by atoms with Crippen molar-refractivity contribution in [2.75, 3.05) is 32.1 Å². The topological polar surface area (TPSA) is 82.1 Å². The van der Waals surface area contributed by atoms with Crippen LogP contribution in [0.15, 0.2) is 103 Å². The summed E-state index contributed by atoms with van der Waals surface area (Å²) in [5.74, 6) is -0.120. The number of nitrogens with zero attached hydrogens (tertiary/aromatic N) is 2. The number of aldehydes is 1. The number of carbonyl (C=O) groups excluding carboxylic acids is 1. The maximum Gasteiger partial charge on any atom is 0.322 e. The van der Waals surface area contributed by atoms with Crippen LogP contribution in [0.25, 0.3) is 0 Å². The van der Waals surface area contributed by atoms with E-state index in [0.29, 0.717) is 5.56 Å². The lowest BCUT2D eigenvalue weighted by Gasteiger charge is -2.20. The summed E-state index contributed by atoms with van der Waals surface area (Å²) >= 11 is 0. The number of benzene rings is 2. The quantitative estimate of drug-likeness (QED) is 0.444. The first-order valence-electron chi connectivity index (χ1n) is 10.9. The Morgan fingerprint density at radius 2 is 1.85 bits per heavy atom. The van der Waals surface area contributed by atoms with Crippen LogP contribution in [0.4, 0.5) is 5.69 Å². The fourth-order valence-corrected chi connectivity index (χ4v) is 3.23. The van der Waals surface area contributed by atoms with Gasteiger partial charge in [0, 0.05) is 37.2 Å². The fourth-order valence-electron chi connectivity index (χ4n) is 3.23. The highest BCUT2D eigenvalue weighted by molar-refractivity contribution is 5.74. The highest BCUT2D eigenvalue weighted by atomic mass is 16.5. The van der Waals surface area contributed by atoms with Gasteiger partial charge in [-0.15, -0.1) is 0 Å². The number of aliphatic carboxylic acids is 1. The third-order valence-corrected chi connectivity index (χ3v) is 5.01. The molecule has 0 saturated carbocycles. The molecular weight excluding hydrogens is 430 g/mol. The molecule has 4 rings (SSSR count). The van der Waals surface area contributed by atoms with Gasteiger partial charge in [-0.3, -0.25) is 9.59 Å². The maximum absolute atomic E-state index is 10.6. The molecule has 1 heterocycles. The maximum atomic E-state index is 10.6. The van der Waals surface area contributed by atoms with Crippen molar-refractivity contribution in [2.24, 2.45) is 0 Å². The minimum atomic E-state index is -0.853. The zero-order valence-electron chi connectivity index (χ0n) is 19.1. The van der Waals surface area contributed by atoms with Crippen LogP contribution in [-0.4, -0.2) is 54.0 Å². The van der Waals surface area contributed by atoms with Crippen molar-refractivity contribution in [3.63, 3.8) is 0 Å². The smallest absolute Gasteiger partial charge is 0.322 e. The van der Waals surface area contributed by atoms with Crippen LogP contribution in [-0.2, 0) is 4.79 Å². The van der Waals surface area contributed by atoms with Gasteiger partial charge in [0.05, 0.1) is 12.9 Å². The van der Waals surface area contributed by atoms with E-state index in [9.17, 15) is 9.59 Å². The monoisotopic (exact) mass is 459 g/mol. The molecule has 0 aromatic heterocycles. The number of rotatable bonds is 8. The molecule has 0 fully saturated rings. The van der Waals surface area contributed by atoms with Gasteiger partial charge in [0.15, 0.2) is 0 Å². The normalized spacial score (nSPS) is 15.4. The standard InChI is InChI=1S/C19H20N2O2.C8H9NO2/c1-20-10-11-21(15-20)12-16-2-4-18(5-3-16)14-23-19-8-6-17(13-22)7-9-19;10-8(11)6-9-7-4-2-1-3-5-7/h2-4,6-11,13-14H,5,12,15H2,1H3;1-5,9H,6H2,(H,10,11). The Kier molecular flexibility index (Phi) is 9.10. The summed E-state index contributed by atoms with van der Waals surface area (Å²) in [6.45, 7) is 1.83. The van der Waals surface area contributed by atoms with Crippen molar-refractivity contribution in [2.45, 2.75) is 6.42 Å². The molecule has 0 radical (unpaired) electrons. The summed E-state index contributed by atoms with van der Waals surface area (Å²) in [6.07, 6.45) is 14.1. The summed E-state index contributed by atoms with van der Waals surface area (Å²) in [5, 5.41) is 11.1. The second-order valence-electron chi connectivity index (χ2n) is 7.87. The van der Waals surface area contributed by atoms with Crippen LogP contribution >= 0.6 is 0 Å². The Bertz CT molecular complexity index is 1070. The van der Waals surface area contributed by atoms with Crippen molar-refractivity contribution in [1.29, 1.82) is 0 Å². The zero-order valence-corrected chi connectivity index (χ0v) is 19.1. The average Bonchev–Trinajstić information content (AvgIpc) is 3.28. The van der Waals surface area contributed by atoms with Crippen molar-refractivity contribution in [3.8, 4) is 5.75 Å². The number of hydrogen-bond acceptors (Lipinski definition) is 6. The molecular formula is C27H29N3O4. The van der Waals surface area contributed by atoms with Gasteiger partial charge >= 0.3 is 5.97 Å². The number of hydrogen-bond donors (Lipinski definition) is 2. The fraction of sp³-hybridized carbons (Fsp3) is 0.185. The number of ether oxygens (including phenoxy) is 1. The van der Waals surface area contributed by atoms with Gasteiger partial charge in [-0.1, -0.05) is 36.4 Å². The number of carboxylic acids is 1. The lowest BCUT2D eigenvalue weighted by molar-refractivity contribution is -0.134. The van der Waals surface area contributed by atoms with Gasteiger partial charge in [-0.2, -0.15) is 0 Å². The van der Waals surface area contributed by atoms with Crippen LogP contribution in [0, 0.1) is 0 Å². The Morgan fingerprint density at radius 1 is 1.09 bits per heavy atom. The molecule has 2 N–H and O–H groups in total. The number of allylic oxidation sites excluding steroid dienone is 3. The predicted octanol–water partition coefficient (Wildman–Crippen LogP) is 4.51. The Morgan fingerprint density at radius 3 is 2.44 bits per heavy atom. The minimum absolute atomic E-state index is 0.0377. The summed E-state index contributed by atoms with van der Waals surface area (Å²) in [6, 6.07) is 16.3. The van der Waals surface area contributed by atoms with Crippen molar-refractivity contribution >= 4 is 17.9 Å². The molecule has 0 atom stereocenters. The van der Waals surface area contributed by atoms with Gasteiger partial charge in [-0.05, 0) is 54.0 Å². The molecule has 176 valence electrons. The Balaban J connectivity index is 0.000000248. The summed E-state index contributed by atoms with van der Waals surface area (Å²) in [7, 11) is 2.07. The van der Waals surface area contributed by atoms with E-state index in [1.165, 1.54) is 5.57 Å². The predicted molar refractivity (Wildman–Crippen MR) is 133 cm³/mol. The number of anilines is 1. The van der Waals surface area contributed by atoms with E-state index in [1.54, 1.807) is 30.5 Å². The molecule has 7 heteroatoms. The lowest BCUT2D eigenvalue weighted by Crippen LogP contribution is -2.24. The van der Waals surface area contributed by atoms with Gasteiger partial charge in [0.1, 0.15) is 18.6 Å². The molecule has 1 aliphatic carbocycles. The molecule has 0 saturated heterocycles. The first-order valence-corrected chi connectivity index (χ1v) is 10.9. The minimum Gasteiger partial charge on any atom is -0.480 e. The molecule has 2 aromatic carbocycles. The zero-order chi connectivity index (χ0) is 24.2. The third-order valence-electron chi connectivity index (χ3n) is 5.01. The van der Waals surface area contributed by atoms with E-state index in [0.717, 1.165) is 42.9 Å². The molecule has 34 heavy (non-hydrogen) atoms. The summed E-state index contributed by atoms with van der Waals surface area (Å²) < 4.78 is 5.64. The molecule has 0 spiro atoms. The Labute approximate surface area is 199 Å². The second kappa shape index (κ2) is 12.7. The SMILES string of the molecule is CN1C=CN(CC2=CCC(=COc3ccc(C=O)cc3)C=C2)C1.O=C(O)CNc1ccccc1. The molecule has 0 amide bonds. The van der Waals surface area contributed by atoms with Crippen LogP contribution in [0.2, 0.25) is 0 Å². The van der Waals surface area contributed by atoms with Gasteiger partial charge in [0.25, 0.3) is 0 Å². The van der Waals surface area contributed by atoms with Crippen molar-refractivity contribution in [1.82, 2.24) is 9.80 Å². The van der Waals surface area contributed by atoms with Crippen molar-refractivity contribution in [3.05, 3.63) is 108 Å². The Hall–Kier alpha value is -4.26. The average molecular weight is 460 g/mol. The molecule has 0 bridgehead atoms. The first-order chi connectivity index (χ1) is 16.5. The highest BCUT2D eigenvalue weighted by Gasteiger charge is 2.10. The molecule has 7 nitrogen and oxygen atoms in total. The van der Waals surface area contributed by atoms with E-state index in [2.05, 4.69) is 52.8 Å². The number of nitrogens with one attached hydrogen (secondary N) is 1. The molecule has 1 aliphatic heterocycles. The van der Waals surface area contributed by atoms with Crippen molar-refractivity contribution < 1.29 is 19.4 Å². The largest absolute Gasteiger partial charge is 0.480 e. The van der Waals surface area contributed by atoms with E-state index in [4.69, 9.17) is 9.84 Å². The van der Waals surface area contributed by atoms with E-state index in [1.807, 2.05) is 30.3 Å². The number of carbonyl (C=O) groups is 2. The van der Waals surface area contributed by atoms with Gasteiger partial charge in [-0.25, -0.2) is 0 Å². The van der Waals surface area contributed by atoms with E-state index < -0.39 is 5.97 Å². The van der Waals surface area contributed by atoms with E-state index >= 15 is 0 Å². The van der Waals surface area contributed by atoms with Crippen LogP contribution in [0.3, 0.4) is 0 Å².